The Morgan fingerprint density at radius 1 is 1.64 bits per heavy atom. The fourth-order valence-electron chi connectivity index (χ4n) is 0.377. The quantitative estimate of drug-likeness (QED) is 0.296. The topological polar surface area (TPSA) is 107 Å². The van der Waals surface area contributed by atoms with Crippen molar-refractivity contribution in [2.24, 2.45) is 0 Å². The van der Waals surface area contributed by atoms with Crippen molar-refractivity contribution in [1.29, 1.82) is 0 Å². The van der Waals surface area contributed by atoms with Gasteiger partial charge in [0.25, 0.3) is 0 Å². The minimum absolute atomic E-state index is 0.180. The molecule has 0 radical (unpaired) electrons. The summed E-state index contributed by atoms with van der Waals surface area (Å²) in [5.74, 6) is -1.52. The van der Waals surface area contributed by atoms with Gasteiger partial charge in [0, 0.05) is 5.75 Å². The Hall–Kier alpha value is -0.0700. The van der Waals surface area contributed by atoms with Crippen molar-refractivity contribution < 1.29 is 24.3 Å². The SMILES string of the molecule is O=C(O)[C@@H](CS)NP(=O)(O)O. The lowest BCUT2D eigenvalue weighted by atomic mass is 10.4. The van der Waals surface area contributed by atoms with Gasteiger partial charge in [-0.3, -0.25) is 4.79 Å². The number of carbonyl (C=O) groups is 1. The molecule has 0 aromatic carbocycles. The first-order valence-electron chi connectivity index (χ1n) is 2.54. The molecule has 0 unspecified atom stereocenters. The van der Waals surface area contributed by atoms with E-state index in [1.807, 2.05) is 0 Å². The molecule has 0 aliphatic heterocycles. The molecule has 0 saturated carbocycles. The number of nitrogens with one attached hydrogen (secondary N) is 1. The number of carboxylic acids is 1. The molecular weight excluding hydrogens is 193 g/mol. The molecule has 0 rings (SSSR count). The predicted octanol–water partition coefficient (Wildman–Crippen LogP) is -0.948. The van der Waals surface area contributed by atoms with Gasteiger partial charge in [-0.2, -0.15) is 12.6 Å². The zero-order chi connectivity index (χ0) is 9.07. The van der Waals surface area contributed by atoms with Crippen LogP contribution >= 0.6 is 20.4 Å². The highest BCUT2D eigenvalue weighted by atomic mass is 32.1. The van der Waals surface area contributed by atoms with E-state index >= 15 is 0 Å². The monoisotopic (exact) mass is 201 g/mol. The van der Waals surface area contributed by atoms with E-state index < -0.39 is 19.8 Å². The summed E-state index contributed by atoms with van der Waals surface area (Å²) in [6, 6.07) is -1.32. The molecule has 66 valence electrons. The largest absolute Gasteiger partial charge is 0.480 e. The lowest BCUT2D eigenvalue weighted by molar-refractivity contribution is -0.138. The van der Waals surface area contributed by atoms with E-state index in [-0.39, 0.29) is 5.75 Å². The molecule has 0 aromatic heterocycles. The first kappa shape index (κ1) is 10.9. The molecule has 0 saturated heterocycles. The third kappa shape index (κ3) is 5.23. The van der Waals surface area contributed by atoms with E-state index in [0.29, 0.717) is 0 Å². The first-order chi connectivity index (χ1) is 4.87. The summed E-state index contributed by atoms with van der Waals surface area (Å²) in [4.78, 5) is 26.7. The first-order valence-corrected chi connectivity index (χ1v) is 4.78. The Labute approximate surface area is 68.2 Å². The van der Waals surface area contributed by atoms with Gasteiger partial charge in [-0.1, -0.05) is 0 Å². The Kier molecular flexibility index (Phi) is 4.05. The summed E-state index contributed by atoms with van der Waals surface area (Å²) in [5.41, 5.74) is 0. The van der Waals surface area contributed by atoms with Crippen molar-refractivity contribution in [2.45, 2.75) is 6.04 Å². The number of rotatable bonds is 4. The Balaban J connectivity index is 4.10. The molecule has 4 N–H and O–H groups in total. The van der Waals surface area contributed by atoms with Crippen LogP contribution in [0.3, 0.4) is 0 Å². The summed E-state index contributed by atoms with van der Waals surface area (Å²) < 4.78 is 10.2. The third-order valence-electron chi connectivity index (χ3n) is 0.805. The van der Waals surface area contributed by atoms with Crippen LogP contribution in [0, 0.1) is 0 Å². The molecule has 0 amide bonds. The van der Waals surface area contributed by atoms with Crippen molar-refractivity contribution in [3.8, 4) is 0 Å². The highest BCUT2D eigenvalue weighted by molar-refractivity contribution is 7.80. The smallest absolute Gasteiger partial charge is 0.401 e. The fourth-order valence-corrected chi connectivity index (χ4v) is 1.38. The summed E-state index contributed by atoms with van der Waals surface area (Å²) in [6.45, 7) is 0. The van der Waals surface area contributed by atoms with Crippen molar-refractivity contribution in [1.82, 2.24) is 5.09 Å². The third-order valence-corrected chi connectivity index (χ3v) is 1.82. The van der Waals surface area contributed by atoms with Gasteiger partial charge >= 0.3 is 13.7 Å². The van der Waals surface area contributed by atoms with Crippen LogP contribution in [-0.4, -0.2) is 32.7 Å². The van der Waals surface area contributed by atoms with Crippen LogP contribution in [0.2, 0.25) is 0 Å². The number of thiol groups is 1. The van der Waals surface area contributed by atoms with Gasteiger partial charge in [0.05, 0.1) is 0 Å². The Morgan fingerprint density at radius 3 is 2.18 bits per heavy atom. The zero-order valence-electron chi connectivity index (χ0n) is 5.34. The van der Waals surface area contributed by atoms with Crippen LogP contribution in [0.1, 0.15) is 0 Å². The average molecular weight is 201 g/mol. The second-order valence-electron chi connectivity index (χ2n) is 1.75. The minimum atomic E-state index is -4.47. The number of carboxylic acid groups (broad SMARTS) is 1. The van der Waals surface area contributed by atoms with Crippen LogP contribution in [0.15, 0.2) is 0 Å². The van der Waals surface area contributed by atoms with Crippen molar-refractivity contribution >= 4 is 26.3 Å². The summed E-state index contributed by atoms with van der Waals surface area (Å²) in [7, 11) is -4.47. The maximum atomic E-state index is 10.2. The number of aliphatic carboxylic acids is 1. The maximum absolute atomic E-state index is 10.2. The van der Waals surface area contributed by atoms with Crippen LogP contribution < -0.4 is 5.09 Å². The van der Waals surface area contributed by atoms with E-state index in [1.165, 1.54) is 0 Å². The highest BCUT2D eigenvalue weighted by Crippen LogP contribution is 2.29. The van der Waals surface area contributed by atoms with Crippen LogP contribution in [-0.2, 0) is 9.36 Å². The van der Waals surface area contributed by atoms with E-state index in [0.717, 1.165) is 0 Å². The molecule has 1 atom stereocenters. The fraction of sp³-hybridized carbons (Fsp3) is 0.667. The molecule has 11 heavy (non-hydrogen) atoms. The number of hydrogen-bond acceptors (Lipinski definition) is 3. The lowest BCUT2D eigenvalue weighted by Gasteiger charge is -2.11. The predicted molar refractivity (Wildman–Crippen MR) is 40.5 cm³/mol. The summed E-state index contributed by atoms with van der Waals surface area (Å²) in [6.07, 6.45) is 0. The van der Waals surface area contributed by atoms with Crippen molar-refractivity contribution in [3.63, 3.8) is 0 Å². The maximum Gasteiger partial charge on any atom is 0.401 e. The van der Waals surface area contributed by atoms with Gasteiger partial charge in [-0.15, -0.1) is 0 Å². The van der Waals surface area contributed by atoms with E-state index in [4.69, 9.17) is 14.9 Å². The highest BCUT2D eigenvalue weighted by Gasteiger charge is 2.24. The summed E-state index contributed by atoms with van der Waals surface area (Å²) in [5, 5.41) is 9.88. The minimum Gasteiger partial charge on any atom is -0.480 e. The van der Waals surface area contributed by atoms with Crippen LogP contribution in [0.25, 0.3) is 0 Å². The van der Waals surface area contributed by atoms with Crippen molar-refractivity contribution in [3.05, 3.63) is 0 Å². The van der Waals surface area contributed by atoms with E-state index in [2.05, 4.69) is 12.6 Å². The van der Waals surface area contributed by atoms with Crippen molar-refractivity contribution in [2.75, 3.05) is 5.75 Å². The van der Waals surface area contributed by atoms with Crippen LogP contribution in [0.5, 0.6) is 0 Å². The molecule has 0 heterocycles. The van der Waals surface area contributed by atoms with Gasteiger partial charge in [-0.25, -0.2) is 9.65 Å². The van der Waals surface area contributed by atoms with Gasteiger partial charge < -0.3 is 14.9 Å². The van der Waals surface area contributed by atoms with Gasteiger partial charge in [0.1, 0.15) is 6.04 Å². The Bertz CT molecular complexity index is 190. The molecule has 6 nitrogen and oxygen atoms in total. The molecule has 0 spiro atoms. The number of hydrogen-bond donors (Lipinski definition) is 5. The second kappa shape index (κ2) is 4.08. The second-order valence-corrected chi connectivity index (χ2v) is 3.46. The normalized spacial score (nSPS) is 14.5. The molecular formula is C3H8NO5PS. The molecule has 0 aliphatic rings. The van der Waals surface area contributed by atoms with Crippen LogP contribution in [0.4, 0.5) is 0 Å². The van der Waals surface area contributed by atoms with E-state index in [9.17, 15) is 9.36 Å². The molecule has 0 bridgehead atoms. The van der Waals surface area contributed by atoms with E-state index in [1.54, 1.807) is 5.09 Å². The van der Waals surface area contributed by atoms with Gasteiger partial charge in [0.15, 0.2) is 0 Å². The molecule has 8 heteroatoms. The Morgan fingerprint density at radius 2 is 2.09 bits per heavy atom. The average Bonchev–Trinajstić information content (AvgIpc) is 1.80. The molecule has 0 aliphatic carbocycles. The molecule has 0 fully saturated rings. The van der Waals surface area contributed by atoms with Gasteiger partial charge in [-0.05, 0) is 0 Å². The molecule has 0 aromatic rings. The van der Waals surface area contributed by atoms with Gasteiger partial charge in [0.2, 0.25) is 0 Å². The standard InChI is InChI=1S/C3H8NO5PS/c5-3(6)2(1-11)4-10(7,8)9/h2,11H,1H2,(H,5,6)(H3,4,7,8,9)/t2-/m1/s1. The lowest BCUT2D eigenvalue weighted by Crippen LogP contribution is -2.35. The summed E-state index contributed by atoms with van der Waals surface area (Å²) >= 11 is 3.58. The zero-order valence-corrected chi connectivity index (χ0v) is 7.13.